The molecule has 3 aromatic rings. The summed E-state index contributed by atoms with van der Waals surface area (Å²) in [5.74, 6) is -0.408. The maximum Gasteiger partial charge on any atom is 0.266 e. The number of nitrogens with zero attached hydrogens (tertiary/aromatic N) is 1. The summed E-state index contributed by atoms with van der Waals surface area (Å²) in [6, 6.07) is 25.8. The number of rotatable bonds is 6. The molecule has 144 valence electrons. The van der Waals surface area contributed by atoms with Gasteiger partial charge >= 0.3 is 0 Å². The van der Waals surface area contributed by atoms with Gasteiger partial charge in [-0.05, 0) is 66.9 Å². The van der Waals surface area contributed by atoms with Crippen molar-refractivity contribution in [1.82, 2.24) is 0 Å². The van der Waals surface area contributed by atoms with Gasteiger partial charge in [0, 0.05) is 15.5 Å². The molecule has 0 atom stereocenters. The Balaban J connectivity index is 1.68. The number of carbonyl (C=O) groups excluding carboxylic acids is 1. The first kappa shape index (κ1) is 20.4. The van der Waals surface area contributed by atoms with Crippen LogP contribution in [0.3, 0.4) is 0 Å². The minimum absolute atomic E-state index is 0.0727. The highest BCUT2D eigenvalue weighted by atomic mass is 32.2. The fourth-order valence-electron chi connectivity index (χ4n) is 2.71. The first-order valence-corrected chi connectivity index (χ1v) is 10.3. The van der Waals surface area contributed by atoms with Crippen LogP contribution in [0, 0.1) is 18.3 Å². The van der Waals surface area contributed by atoms with Crippen LogP contribution in [0.5, 0.6) is 0 Å². The van der Waals surface area contributed by atoms with Crippen LogP contribution in [0.2, 0.25) is 0 Å². The van der Waals surface area contributed by atoms with Crippen molar-refractivity contribution in [3.8, 4) is 6.07 Å². The summed E-state index contributed by atoms with van der Waals surface area (Å²) in [4.78, 5) is 14.7. The lowest BCUT2D eigenvalue weighted by Gasteiger charge is -2.06. The average Bonchev–Trinajstić information content (AvgIpc) is 2.75. The Labute approximate surface area is 176 Å². The fraction of sp³-hybridized carbons (Fsp3) is 0.120. The summed E-state index contributed by atoms with van der Waals surface area (Å²) in [5, 5.41) is 12.2. The summed E-state index contributed by atoms with van der Waals surface area (Å²) in [6.07, 6.45) is 2.55. The molecular weight excluding hydrogens is 376 g/mol. The monoisotopic (exact) mass is 398 g/mol. The number of nitrogens with one attached hydrogen (secondary N) is 1. The van der Waals surface area contributed by atoms with Crippen LogP contribution in [0.15, 0.2) is 88.2 Å². The van der Waals surface area contributed by atoms with E-state index in [-0.39, 0.29) is 5.57 Å². The van der Waals surface area contributed by atoms with Gasteiger partial charge in [-0.1, -0.05) is 60.6 Å². The lowest BCUT2D eigenvalue weighted by molar-refractivity contribution is -0.112. The lowest BCUT2D eigenvalue weighted by Crippen LogP contribution is -2.13. The summed E-state index contributed by atoms with van der Waals surface area (Å²) in [5.41, 5.74) is 3.99. The van der Waals surface area contributed by atoms with E-state index in [1.165, 1.54) is 16.0 Å². The highest BCUT2D eigenvalue weighted by Crippen LogP contribution is 2.28. The van der Waals surface area contributed by atoms with Crippen LogP contribution in [-0.4, -0.2) is 5.91 Å². The third-order valence-corrected chi connectivity index (χ3v) is 5.45. The molecule has 0 unspecified atom stereocenters. The van der Waals surface area contributed by atoms with E-state index in [1.54, 1.807) is 17.8 Å². The fourth-order valence-corrected chi connectivity index (χ4v) is 3.53. The van der Waals surface area contributed by atoms with Crippen LogP contribution in [-0.2, 0) is 11.2 Å². The number of benzene rings is 3. The first-order chi connectivity index (χ1) is 14.1. The predicted molar refractivity (Wildman–Crippen MR) is 120 cm³/mol. The molecule has 0 radical (unpaired) electrons. The molecule has 0 saturated carbocycles. The maximum absolute atomic E-state index is 12.4. The van der Waals surface area contributed by atoms with Crippen molar-refractivity contribution in [2.75, 3.05) is 5.32 Å². The second-order valence-electron chi connectivity index (χ2n) is 6.66. The van der Waals surface area contributed by atoms with E-state index < -0.39 is 5.91 Å². The molecule has 3 nitrogen and oxygen atoms in total. The Hall–Kier alpha value is -3.29. The molecule has 0 spiro atoms. The van der Waals surface area contributed by atoms with Gasteiger partial charge < -0.3 is 5.32 Å². The topological polar surface area (TPSA) is 52.9 Å². The van der Waals surface area contributed by atoms with Crippen LogP contribution < -0.4 is 5.32 Å². The molecule has 1 amide bonds. The molecular formula is C25H22N2OS. The molecule has 0 aliphatic heterocycles. The summed E-state index contributed by atoms with van der Waals surface area (Å²) in [6.45, 7) is 4.15. The maximum atomic E-state index is 12.4. The van der Waals surface area contributed by atoms with Gasteiger partial charge in [0.25, 0.3) is 5.91 Å². The molecule has 0 fully saturated rings. The number of nitriles is 1. The quantitative estimate of drug-likeness (QED) is 0.394. The van der Waals surface area contributed by atoms with Crippen molar-refractivity contribution in [3.05, 3.63) is 95.1 Å². The van der Waals surface area contributed by atoms with E-state index in [9.17, 15) is 10.1 Å². The highest BCUT2D eigenvalue weighted by molar-refractivity contribution is 7.99. The number of anilines is 1. The van der Waals surface area contributed by atoms with Gasteiger partial charge in [-0.15, -0.1) is 0 Å². The van der Waals surface area contributed by atoms with Crippen molar-refractivity contribution in [2.24, 2.45) is 0 Å². The Kier molecular flexibility index (Phi) is 6.89. The molecule has 1 N–H and O–H groups in total. The SMILES string of the molecule is CCc1ccc(NC(=O)/C(C#N)=C\c2ccc(Sc3ccc(C)cc3)cc2)cc1. The van der Waals surface area contributed by atoms with E-state index >= 15 is 0 Å². The minimum Gasteiger partial charge on any atom is -0.321 e. The molecule has 0 bridgehead atoms. The van der Waals surface area contributed by atoms with Gasteiger partial charge in [-0.25, -0.2) is 0 Å². The van der Waals surface area contributed by atoms with Crippen LogP contribution in [0.25, 0.3) is 6.08 Å². The van der Waals surface area contributed by atoms with Gasteiger partial charge in [0.1, 0.15) is 11.6 Å². The molecule has 3 aromatic carbocycles. The highest BCUT2D eigenvalue weighted by Gasteiger charge is 2.09. The second kappa shape index (κ2) is 9.77. The molecule has 0 aromatic heterocycles. The number of aryl methyl sites for hydroxylation is 2. The zero-order valence-electron chi connectivity index (χ0n) is 16.5. The van der Waals surface area contributed by atoms with Gasteiger partial charge in [-0.3, -0.25) is 4.79 Å². The van der Waals surface area contributed by atoms with E-state index in [4.69, 9.17) is 0 Å². The van der Waals surface area contributed by atoms with Crippen molar-refractivity contribution in [2.45, 2.75) is 30.1 Å². The Morgan fingerprint density at radius 2 is 1.55 bits per heavy atom. The average molecular weight is 399 g/mol. The van der Waals surface area contributed by atoms with Crippen LogP contribution in [0.4, 0.5) is 5.69 Å². The van der Waals surface area contributed by atoms with Gasteiger partial charge in [0.2, 0.25) is 0 Å². The van der Waals surface area contributed by atoms with Gasteiger partial charge in [0.05, 0.1) is 0 Å². The zero-order chi connectivity index (χ0) is 20.6. The van der Waals surface area contributed by atoms with Crippen LogP contribution >= 0.6 is 11.8 Å². The van der Waals surface area contributed by atoms with Gasteiger partial charge in [-0.2, -0.15) is 5.26 Å². The van der Waals surface area contributed by atoms with Crippen molar-refractivity contribution in [1.29, 1.82) is 5.26 Å². The lowest BCUT2D eigenvalue weighted by atomic mass is 10.1. The number of amides is 1. The third-order valence-electron chi connectivity index (χ3n) is 4.43. The summed E-state index contributed by atoms with van der Waals surface area (Å²) < 4.78 is 0. The van der Waals surface area contributed by atoms with E-state index in [0.717, 1.165) is 16.9 Å². The van der Waals surface area contributed by atoms with Crippen molar-refractivity contribution in [3.63, 3.8) is 0 Å². The van der Waals surface area contributed by atoms with Crippen LogP contribution in [0.1, 0.15) is 23.6 Å². The molecule has 0 aliphatic rings. The summed E-state index contributed by atoms with van der Waals surface area (Å²) >= 11 is 1.68. The molecule has 0 heterocycles. The molecule has 4 heteroatoms. The van der Waals surface area contributed by atoms with Gasteiger partial charge in [0.15, 0.2) is 0 Å². The Bertz CT molecular complexity index is 1040. The number of hydrogen-bond donors (Lipinski definition) is 1. The number of hydrogen-bond acceptors (Lipinski definition) is 3. The standard InChI is InChI=1S/C25H22N2OS/c1-3-19-6-10-22(11-7-19)27-25(28)21(17-26)16-20-8-14-24(15-9-20)29-23-12-4-18(2)5-13-23/h4-16H,3H2,1-2H3,(H,27,28)/b21-16-. The van der Waals surface area contributed by atoms with Crippen molar-refractivity contribution >= 4 is 29.4 Å². The third kappa shape index (κ3) is 5.84. The molecule has 29 heavy (non-hydrogen) atoms. The van der Waals surface area contributed by atoms with E-state index in [2.05, 4.69) is 43.4 Å². The summed E-state index contributed by atoms with van der Waals surface area (Å²) in [7, 11) is 0. The van der Waals surface area contributed by atoms with E-state index in [0.29, 0.717) is 5.69 Å². The largest absolute Gasteiger partial charge is 0.321 e. The normalized spacial score (nSPS) is 11.0. The number of carbonyl (C=O) groups is 1. The smallest absolute Gasteiger partial charge is 0.266 e. The molecule has 0 aliphatic carbocycles. The molecule has 0 saturated heterocycles. The second-order valence-corrected chi connectivity index (χ2v) is 7.81. The Morgan fingerprint density at radius 1 is 0.966 bits per heavy atom. The zero-order valence-corrected chi connectivity index (χ0v) is 17.3. The minimum atomic E-state index is -0.408. The van der Waals surface area contributed by atoms with E-state index in [1.807, 2.05) is 54.6 Å². The molecule has 3 rings (SSSR count). The Morgan fingerprint density at radius 3 is 2.10 bits per heavy atom. The first-order valence-electron chi connectivity index (χ1n) is 9.44. The predicted octanol–water partition coefficient (Wildman–Crippen LogP) is 6.25. The van der Waals surface area contributed by atoms with Crippen molar-refractivity contribution < 1.29 is 4.79 Å².